The van der Waals surface area contributed by atoms with Crippen molar-refractivity contribution in [1.82, 2.24) is 19.5 Å². The van der Waals surface area contributed by atoms with Crippen molar-refractivity contribution in [2.75, 3.05) is 0 Å². The number of pyridine rings is 2. The fraction of sp³-hybridized carbons (Fsp3) is 0.259. The fourth-order valence-corrected chi connectivity index (χ4v) is 4.36. The number of hydrogen-bond donors (Lipinski definition) is 0. The Balaban J connectivity index is 1.75. The van der Waals surface area contributed by atoms with Crippen LogP contribution in [-0.4, -0.2) is 19.5 Å². The zero-order valence-corrected chi connectivity index (χ0v) is 22.6. The van der Waals surface area contributed by atoms with Gasteiger partial charge in [0.2, 0.25) is 0 Å². The molecule has 4 rings (SSSR count). The van der Waals surface area contributed by atoms with Crippen LogP contribution in [0.25, 0.3) is 17.1 Å². The van der Waals surface area contributed by atoms with E-state index in [-0.39, 0.29) is 11.5 Å². The van der Waals surface area contributed by atoms with Crippen molar-refractivity contribution in [2.45, 2.75) is 47.1 Å². The molecule has 3 heterocycles. The van der Waals surface area contributed by atoms with Crippen molar-refractivity contribution in [1.29, 1.82) is 0 Å². The Labute approximate surface area is 218 Å². The molecule has 35 heavy (non-hydrogen) atoms. The molecule has 0 aliphatic carbocycles. The first-order valence-corrected chi connectivity index (χ1v) is 12.4. The molecular weight excluding hydrogens is 528 g/mol. The second-order valence-corrected chi connectivity index (χ2v) is 10.0. The lowest BCUT2D eigenvalue weighted by Gasteiger charge is -2.17. The smallest absolute Gasteiger partial charge is 0.273 e. The van der Waals surface area contributed by atoms with Gasteiger partial charge in [0.05, 0.1) is 22.1 Å². The van der Waals surface area contributed by atoms with Crippen molar-refractivity contribution >= 4 is 27.5 Å². The summed E-state index contributed by atoms with van der Waals surface area (Å²) < 4.78 is 7.86. The third kappa shape index (κ3) is 5.31. The number of aryl methyl sites for hydroxylation is 3. The molecule has 3 aromatic heterocycles. The van der Waals surface area contributed by atoms with Crippen LogP contribution in [0.1, 0.15) is 48.0 Å². The molecule has 0 amide bonds. The first-order valence-electron chi connectivity index (χ1n) is 11.3. The first kappa shape index (κ1) is 25.1. The van der Waals surface area contributed by atoms with Gasteiger partial charge >= 0.3 is 0 Å². The Hall–Kier alpha value is -3.03. The highest BCUT2D eigenvalue weighted by Crippen LogP contribution is 2.30. The molecule has 0 bridgehead atoms. The van der Waals surface area contributed by atoms with E-state index in [0.717, 1.165) is 22.5 Å². The summed E-state index contributed by atoms with van der Waals surface area (Å²) in [5, 5.41) is 0.357. The predicted molar refractivity (Wildman–Crippen MR) is 143 cm³/mol. The molecular formula is C27H26BrClN4O2. The third-order valence-corrected chi connectivity index (χ3v) is 6.62. The van der Waals surface area contributed by atoms with E-state index in [0.29, 0.717) is 44.6 Å². The molecule has 0 unspecified atom stereocenters. The normalized spacial score (nSPS) is 11.2. The Bertz CT molecular complexity index is 1470. The van der Waals surface area contributed by atoms with Crippen LogP contribution >= 0.6 is 27.5 Å². The number of benzene rings is 1. The number of ether oxygens (including phenoxy) is 1. The third-order valence-electron chi connectivity index (χ3n) is 5.60. The summed E-state index contributed by atoms with van der Waals surface area (Å²) in [7, 11) is 0. The number of nitrogens with zero attached hydrogens (tertiary/aromatic N) is 4. The molecule has 0 radical (unpaired) electrons. The van der Waals surface area contributed by atoms with Gasteiger partial charge in [-0.1, -0.05) is 55.3 Å². The van der Waals surface area contributed by atoms with Gasteiger partial charge in [-0.15, -0.1) is 0 Å². The Kier molecular flexibility index (Phi) is 7.38. The average molecular weight is 554 g/mol. The minimum atomic E-state index is -0.273. The van der Waals surface area contributed by atoms with Crippen LogP contribution in [0.15, 0.2) is 58.1 Å². The van der Waals surface area contributed by atoms with Gasteiger partial charge in [0, 0.05) is 30.1 Å². The summed E-state index contributed by atoms with van der Waals surface area (Å²) in [5.41, 5.74) is 5.33. The fourth-order valence-electron chi connectivity index (χ4n) is 3.77. The van der Waals surface area contributed by atoms with Crippen LogP contribution in [-0.2, 0) is 6.61 Å². The zero-order chi connectivity index (χ0) is 25.3. The van der Waals surface area contributed by atoms with E-state index in [1.807, 2.05) is 58.9 Å². The van der Waals surface area contributed by atoms with Crippen LogP contribution < -0.4 is 10.3 Å². The zero-order valence-electron chi connectivity index (χ0n) is 20.3. The summed E-state index contributed by atoms with van der Waals surface area (Å²) in [4.78, 5) is 27.0. The van der Waals surface area contributed by atoms with Gasteiger partial charge in [0.25, 0.3) is 5.56 Å². The highest BCUT2D eigenvalue weighted by atomic mass is 79.9. The molecule has 180 valence electrons. The number of aromatic nitrogens is 4. The largest absolute Gasteiger partial charge is 0.487 e. The van der Waals surface area contributed by atoms with Gasteiger partial charge in [0.15, 0.2) is 0 Å². The number of rotatable bonds is 6. The molecule has 6 nitrogen and oxygen atoms in total. The highest BCUT2D eigenvalue weighted by Gasteiger charge is 2.18. The number of halogens is 2. The maximum Gasteiger partial charge on any atom is 0.273 e. The van der Waals surface area contributed by atoms with Crippen LogP contribution in [0.4, 0.5) is 0 Å². The second kappa shape index (κ2) is 10.3. The van der Waals surface area contributed by atoms with Crippen molar-refractivity contribution in [3.63, 3.8) is 0 Å². The van der Waals surface area contributed by atoms with Crippen LogP contribution in [0.3, 0.4) is 0 Å². The van der Waals surface area contributed by atoms with Gasteiger partial charge in [-0.2, -0.15) is 0 Å². The average Bonchev–Trinajstić information content (AvgIpc) is 2.82. The van der Waals surface area contributed by atoms with E-state index < -0.39 is 0 Å². The quantitative estimate of drug-likeness (QED) is 0.265. The maximum absolute atomic E-state index is 13.4. The monoisotopic (exact) mass is 552 g/mol. The van der Waals surface area contributed by atoms with Crippen LogP contribution in [0, 0.1) is 20.8 Å². The summed E-state index contributed by atoms with van der Waals surface area (Å²) in [6.07, 6.45) is 3.34. The maximum atomic E-state index is 13.4. The van der Waals surface area contributed by atoms with Crippen molar-refractivity contribution < 1.29 is 4.74 Å². The van der Waals surface area contributed by atoms with Crippen LogP contribution in [0.2, 0.25) is 5.02 Å². The molecule has 0 spiro atoms. The molecule has 0 aliphatic heterocycles. The molecule has 0 aliphatic rings. The summed E-state index contributed by atoms with van der Waals surface area (Å²) >= 11 is 9.97. The van der Waals surface area contributed by atoms with E-state index in [4.69, 9.17) is 21.3 Å². The summed E-state index contributed by atoms with van der Waals surface area (Å²) in [6, 6.07) is 11.7. The first-order chi connectivity index (χ1) is 16.7. The van der Waals surface area contributed by atoms with E-state index in [2.05, 4.69) is 32.0 Å². The van der Waals surface area contributed by atoms with Crippen molar-refractivity contribution in [2.24, 2.45) is 0 Å². The van der Waals surface area contributed by atoms with Crippen LogP contribution in [0.5, 0.6) is 5.75 Å². The lowest BCUT2D eigenvalue weighted by atomic mass is 10.1. The van der Waals surface area contributed by atoms with E-state index in [1.165, 1.54) is 0 Å². The lowest BCUT2D eigenvalue weighted by Crippen LogP contribution is -2.22. The predicted octanol–water partition coefficient (Wildman–Crippen LogP) is 6.73. The molecule has 8 heteroatoms. The van der Waals surface area contributed by atoms with E-state index >= 15 is 0 Å². The molecule has 0 fully saturated rings. The molecule has 0 atom stereocenters. The Morgan fingerprint density at radius 3 is 2.57 bits per heavy atom. The summed E-state index contributed by atoms with van der Waals surface area (Å²) in [6.45, 7) is 10.2. The molecule has 1 aromatic carbocycles. The van der Waals surface area contributed by atoms with Gasteiger partial charge in [-0.25, -0.2) is 9.97 Å². The minimum Gasteiger partial charge on any atom is -0.487 e. The topological polar surface area (TPSA) is 69.9 Å². The molecule has 0 saturated heterocycles. The van der Waals surface area contributed by atoms with Crippen molar-refractivity contribution in [3.8, 4) is 22.8 Å². The molecule has 0 N–H and O–H groups in total. The van der Waals surface area contributed by atoms with Crippen molar-refractivity contribution in [3.05, 3.63) is 96.8 Å². The molecule has 4 aromatic rings. The van der Waals surface area contributed by atoms with E-state index in [1.54, 1.807) is 23.0 Å². The van der Waals surface area contributed by atoms with Gasteiger partial charge < -0.3 is 4.74 Å². The second-order valence-electron chi connectivity index (χ2n) is 8.82. The lowest BCUT2D eigenvalue weighted by molar-refractivity contribution is 0.302. The van der Waals surface area contributed by atoms with E-state index in [9.17, 15) is 4.79 Å². The standard InChI is InChI=1S/C27H26BrClN4O2/c1-15(2)26-31-12-17(4)25(32-26)21-11-22(20(29)13-30-21)33-18(5)10-23(24(28)27(33)34)35-14-19-8-6-7-16(3)9-19/h6-13,15H,14H2,1-5H3. The highest BCUT2D eigenvalue weighted by molar-refractivity contribution is 9.10. The van der Waals surface area contributed by atoms with Gasteiger partial charge in [-0.05, 0) is 53.9 Å². The Morgan fingerprint density at radius 2 is 1.86 bits per heavy atom. The van der Waals surface area contributed by atoms with Gasteiger partial charge in [0.1, 0.15) is 22.7 Å². The summed E-state index contributed by atoms with van der Waals surface area (Å²) in [5.74, 6) is 1.38. The SMILES string of the molecule is Cc1cccc(COc2cc(C)n(-c3cc(-c4nc(C(C)C)ncc4C)ncc3Cl)c(=O)c2Br)c1. The number of hydrogen-bond acceptors (Lipinski definition) is 5. The van der Waals surface area contributed by atoms with Gasteiger partial charge in [-0.3, -0.25) is 14.3 Å². The Morgan fingerprint density at radius 1 is 1.09 bits per heavy atom. The molecule has 0 saturated carbocycles. The minimum absolute atomic E-state index is 0.175.